The molecule has 3 aromatic carbocycles. The number of aryl methyl sites for hydroxylation is 1. The first kappa shape index (κ1) is 26.3. The van der Waals surface area contributed by atoms with E-state index in [-0.39, 0.29) is 25.0 Å². The van der Waals surface area contributed by atoms with Crippen LogP contribution < -0.4 is 0 Å². The topological polar surface area (TPSA) is 83.6 Å². The number of benzene rings is 3. The van der Waals surface area contributed by atoms with Crippen molar-refractivity contribution in [3.8, 4) is 28.2 Å². The smallest absolute Gasteiger partial charge is 0.243 e. The molecule has 5 aromatic rings. The summed E-state index contributed by atoms with van der Waals surface area (Å²) in [5.74, 6) is -0.119. The highest BCUT2D eigenvalue weighted by Crippen LogP contribution is 2.39. The molecule has 0 saturated carbocycles. The highest BCUT2D eigenvalue weighted by molar-refractivity contribution is 6.03. The lowest BCUT2D eigenvalue weighted by atomic mass is 9.95. The van der Waals surface area contributed by atoms with Crippen molar-refractivity contribution < 1.29 is 9.90 Å². The molecule has 2 aromatic heterocycles. The van der Waals surface area contributed by atoms with E-state index in [1.165, 1.54) is 5.56 Å². The van der Waals surface area contributed by atoms with E-state index < -0.39 is 0 Å². The molecular weight excluding hydrogens is 510 g/mol. The molecule has 7 heteroatoms. The van der Waals surface area contributed by atoms with Crippen LogP contribution in [0.25, 0.3) is 28.2 Å². The van der Waals surface area contributed by atoms with Gasteiger partial charge in [0.25, 0.3) is 0 Å². The Morgan fingerprint density at radius 1 is 0.878 bits per heavy atom. The number of para-hydroxylation sites is 1. The number of aliphatic hydroxyl groups excluding tert-OH is 1. The van der Waals surface area contributed by atoms with Crippen LogP contribution in [-0.4, -0.2) is 43.1 Å². The Hall–Kier alpha value is -4.88. The minimum absolute atomic E-state index is 0.0453. The molecule has 1 unspecified atom stereocenters. The number of aliphatic hydroxyl groups is 1. The van der Waals surface area contributed by atoms with Crippen molar-refractivity contribution in [2.24, 2.45) is 5.10 Å². The molecule has 0 spiro atoms. The van der Waals surface area contributed by atoms with Crippen molar-refractivity contribution in [3.63, 3.8) is 0 Å². The van der Waals surface area contributed by atoms with Gasteiger partial charge >= 0.3 is 0 Å². The van der Waals surface area contributed by atoms with E-state index in [0.29, 0.717) is 12.8 Å². The fourth-order valence-electron chi connectivity index (χ4n) is 5.15. The lowest BCUT2D eigenvalue weighted by molar-refractivity contribution is -0.133. The zero-order valence-corrected chi connectivity index (χ0v) is 22.9. The van der Waals surface area contributed by atoms with Crippen LogP contribution in [-0.2, 0) is 4.79 Å². The average molecular weight is 542 g/mol. The number of amides is 1. The molecule has 0 aliphatic carbocycles. The summed E-state index contributed by atoms with van der Waals surface area (Å²) < 4.78 is 1.88. The zero-order valence-electron chi connectivity index (χ0n) is 22.9. The number of hydrogen-bond acceptors (Lipinski definition) is 5. The molecule has 1 aliphatic rings. The van der Waals surface area contributed by atoms with Crippen molar-refractivity contribution in [1.82, 2.24) is 19.8 Å². The van der Waals surface area contributed by atoms with E-state index in [1.807, 2.05) is 83.7 Å². The van der Waals surface area contributed by atoms with Crippen LogP contribution in [0.3, 0.4) is 0 Å². The molecule has 6 rings (SSSR count). The fourth-order valence-corrected chi connectivity index (χ4v) is 5.15. The predicted molar refractivity (Wildman–Crippen MR) is 160 cm³/mol. The van der Waals surface area contributed by atoms with Gasteiger partial charge < -0.3 is 5.11 Å². The summed E-state index contributed by atoms with van der Waals surface area (Å²) in [5, 5.41) is 20.9. The second-order valence-corrected chi connectivity index (χ2v) is 10.2. The number of aromatic nitrogens is 3. The van der Waals surface area contributed by atoms with Gasteiger partial charge in [0.05, 0.1) is 28.8 Å². The van der Waals surface area contributed by atoms with Crippen LogP contribution in [0.4, 0.5) is 0 Å². The van der Waals surface area contributed by atoms with Crippen LogP contribution in [0, 0.1) is 6.92 Å². The van der Waals surface area contributed by atoms with Gasteiger partial charge in [-0.15, -0.1) is 0 Å². The van der Waals surface area contributed by atoms with E-state index in [2.05, 4.69) is 36.2 Å². The normalized spacial score (nSPS) is 14.7. The molecule has 1 aliphatic heterocycles. The third-order valence-electron chi connectivity index (χ3n) is 7.34. The summed E-state index contributed by atoms with van der Waals surface area (Å²) in [4.78, 5) is 17.9. The fraction of sp³-hybridized carbons (Fsp3) is 0.176. The summed E-state index contributed by atoms with van der Waals surface area (Å²) >= 11 is 0. The Balaban J connectivity index is 1.40. The van der Waals surface area contributed by atoms with Crippen LogP contribution in [0.2, 0.25) is 0 Å². The minimum atomic E-state index is -0.333. The van der Waals surface area contributed by atoms with Crippen molar-refractivity contribution in [3.05, 3.63) is 126 Å². The van der Waals surface area contributed by atoms with Gasteiger partial charge in [-0.1, -0.05) is 78.4 Å². The van der Waals surface area contributed by atoms with E-state index in [0.717, 1.165) is 45.0 Å². The SMILES string of the molecule is Cc1ccc(-c2nn(-c3ccccc3)cc2C2CC(c3ccc(-c4ccccn4)cc3)=NN2C(=O)CCCO)cc1. The predicted octanol–water partition coefficient (Wildman–Crippen LogP) is 6.36. The van der Waals surface area contributed by atoms with E-state index in [4.69, 9.17) is 10.2 Å². The maximum Gasteiger partial charge on any atom is 0.243 e. The number of hydrazone groups is 1. The summed E-state index contributed by atoms with van der Waals surface area (Å²) in [6, 6.07) is 31.9. The van der Waals surface area contributed by atoms with Crippen molar-refractivity contribution in [1.29, 1.82) is 0 Å². The molecule has 3 heterocycles. The van der Waals surface area contributed by atoms with Crippen molar-refractivity contribution in [2.45, 2.75) is 32.2 Å². The number of rotatable bonds is 8. The first-order valence-corrected chi connectivity index (χ1v) is 13.8. The first-order valence-electron chi connectivity index (χ1n) is 13.8. The first-order chi connectivity index (χ1) is 20.1. The number of carbonyl (C=O) groups excluding carboxylic acids is 1. The minimum Gasteiger partial charge on any atom is -0.396 e. The molecule has 0 fully saturated rings. The van der Waals surface area contributed by atoms with Crippen molar-refractivity contribution >= 4 is 11.6 Å². The second-order valence-electron chi connectivity index (χ2n) is 10.2. The van der Waals surface area contributed by atoms with Crippen LogP contribution >= 0.6 is 0 Å². The van der Waals surface area contributed by atoms with E-state index in [1.54, 1.807) is 11.2 Å². The summed E-state index contributed by atoms with van der Waals surface area (Å²) in [6.07, 6.45) is 4.96. The molecule has 0 saturated heterocycles. The molecule has 204 valence electrons. The standard InChI is InChI=1S/C34H31N5O2/c1-24-12-14-27(15-13-24)34-29(23-38(37-34)28-8-3-2-4-9-28)32-22-31(36-39(32)33(41)11-7-21-40)26-18-16-25(17-19-26)30-10-5-6-20-35-30/h2-6,8-10,12-20,23,32,40H,7,11,21-22H2,1H3. The summed E-state index contributed by atoms with van der Waals surface area (Å²) in [6.45, 7) is 2.02. The van der Waals surface area contributed by atoms with Crippen LogP contribution in [0.15, 0.2) is 115 Å². The maximum atomic E-state index is 13.4. The number of pyridine rings is 1. The lowest BCUT2D eigenvalue weighted by Crippen LogP contribution is -2.27. The quantitative estimate of drug-likeness (QED) is 0.248. The lowest BCUT2D eigenvalue weighted by Gasteiger charge is -2.22. The van der Waals surface area contributed by atoms with Gasteiger partial charge in [0, 0.05) is 48.5 Å². The molecule has 0 radical (unpaired) electrons. The van der Waals surface area contributed by atoms with Gasteiger partial charge in [0.2, 0.25) is 5.91 Å². The summed E-state index contributed by atoms with van der Waals surface area (Å²) in [7, 11) is 0. The summed E-state index contributed by atoms with van der Waals surface area (Å²) in [5.41, 5.74) is 8.56. The van der Waals surface area contributed by atoms with Gasteiger partial charge in [-0.3, -0.25) is 9.78 Å². The Morgan fingerprint density at radius 3 is 2.29 bits per heavy atom. The molecule has 1 N–H and O–H groups in total. The largest absolute Gasteiger partial charge is 0.396 e. The van der Waals surface area contributed by atoms with E-state index >= 15 is 0 Å². The molecule has 1 atom stereocenters. The molecule has 1 amide bonds. The Kier molecular flexibility index (Phi) is 7.52. The third-order valence-corrected chi connectivity index (χ3v) is 7.34. The number of carbonyl (C=O) groups is 1. The Labute approximate surface area is 239 Å². The van der Waals surface area contributed by atoms with Gasteiger partial charge in [-0.2, -0.15) is 10.2 Å². The molecule has 7 nitrogen and oxygen atoms in total. The average Bonchev–Trinajstić information content (AvgIpc) is 3.67. The Morgan fingerprint density at radius 2 is 1.59 bits per heavy atom. The van der Waals surface area contributed by atoms with Gasteiger partial charge in [-0.25, -0.2) is 9.69 Å². The number of nitrogens with zero attached hydrogens (tertiary/aromatic N) is 5. The van der Waals surface area contributed by atoms with Crippen LogP contribution in [0.1, 0.15) is 42.0 Å². The molecular formula is C34H31N5O2. The van der Waals surface area contributed by atoms with Gasteiger partial charge in [-0.05, 0) is 43.2 Å². The highest BCUT2D eigenvalue weighted by Gasteiger charge is 2.36. The molecule has 0 bridgehead atoms. The van der Waals surface area contributed by atoms with E-state index in [9.17, 15) is 9.90 Å². The second kappa shape index (κ2) is 11.7. The maximum absolute atomic E-state index is 13.4. The number of hydrogen-bond donors (Lipinski definition) is 1. The third kappa shape index (κ3) is 5.58. The van der Waals surface area contributed by atoms with Crippen molar-refractivity contribution in [2.75, 3.05) is 6.61 Å². The highest BCUT2D eigenvalue weighted by atomic mass is 16.3. The molecule has 41 heavy (non-hydrogen) atoms. The monoisotopic (exact) mass is 541 g/mol. The zero-order chi connectivity index (χ0) is 28.2. The van der Waals surface area contributed by atoms with Gasteiger partial charge in [0.1, 0.15) is 0 Å². The Bertz CT molecular complexity index is 1660. The van der Waals surface area contributed by atoms with Gasteiger partial charge in [0.15, 0.2) is 0 Å². The van der Waals surface area contributed by atoms with Crippen LogP contribution in [0.5, 0.6) is 0 Å².